The van der Waals surface area contributed by atoms with Crippen LogP contribution in [0.1, 0.15) is 17.2 Å². The van der Waals surface area contributed by atoms with Crippen molar-refractivity contribution in [1.82, 2.24) is 0 Å². The molecule has 1 aliphatic heterocycles. The normalized spacial score (nSPS) is 17.0. The molecule has 1 unspecified atom stereocenters. The zero-order valence-electron chi connectivity index (χ0n) is 13.4. The van der Waals surface area contributed by atoms with E-state index in [1.807, 2.05) is 31.2 Å². The standard InChI is InChI=1S/C20H18FNO2/c1-3-14-12-24-19(15-6-8-16(21)9-7-15)18(14)20(23)22-17-10-4-13(2)5-11-17/h3-11,19H,1,12H2,2H3,(H,22,23). The molecule has 24 heavy (non-hydrogen) atoms. The summed E-state index contributed by atoms with van der Waals surface area (Å²) < 4.78 is 18.9. The van der Waals surface area contributed by atoms with Crippen LogP contribution in [0.15, 0.2) is 72.3 Å². The van der Waals surface area contributed by atoms with Gasteiger partial charge in [0.05, 0.1) is 12.2 Å². The number of hydrogen-bond donors (Lipinski definition) is 1. The molecule has 2 aromatic carbocycles. The maximum absolute atomic E-state index is 13.1. The first-order valence-electron chi connectivity index (χ1n) is 7.69. The maximum atomic E-state index is 13.1. The van der Waals surface area contributed by atoms with Crippen LogP contribution in [0.2, 0.25) is 0 Å². The number of aryl methyl sites for hydroxylation is 1. The van der Waals surface area contributed by atoms with Gasteiger partial charge in [-0.25, -0.2) is 4.39 Å². The van der Waals surface area contributed by atoms with Gasteiger partial charge in [-0.05, 0) is 42.3 Å². The van der Waals surface area contributed by atoms with Crippen LogP contribution in [0.25, 0.3) is 0 Å². The van der Waals surface area contributed by atoms with Gasteiger partial charge in [0.1, 0.15) is 11.9 Å². The summed E-state index contributed by atoms with van der Waals surface area (Å²) in [5.41, 5.74) is 3.83. The summed E-state index contributed by atoms with van der Waals surface area (Å²) in [6, 6.07) is 13.5. The van der Waals surface area contributed by atoms with Crippen LogP contribution in [-0.2, 0) is 9.53 Å². The van der Waals surface area contributed by atoms with E-state index in [-0.39, 0.29) is 11.7 Å². The molecule has 1 aliphatic rings. The van der Waals surface area contributed by atoms with E-state index in [2.05, 4.69) is 11.9 Å². The highest BCUT2D eigenvalue weighted by Crippen LogP contribution is 2.35. The van der Waals surface area contributed by atoms with E-state index in [0.29, 0.717) is 17.9 Å². The third-order valence-corrected chi connectivity index (χ3v) is 3.99. The summed E-state index contributed by atoms with van der Waals surface area (Å²) in [6.45, 7) is 6.05. The van der Waals surface area contributed by atoms with Crippen LogP contribution >= 0.6 is 0 Å². The fourth-order valence-corrected chi connectivity index (χ4v) is 2.67. The molecular formula is C20H18FNO2. The van der Waals surface area contributed by atoms with E-state index >= 15 is 0 Å². The van der Waals surface area contributed by atoms with Gasteiger partial charge >= 0.3 is 0 Å². The van der Waals surface area contributed by atoms with Crippen LogP contribution < -0.4 is 5.32 Å². The topological polar surface area (TPSA) is 38.3 Å². The average molecular weight is 323 g/mol. The Morgan fingerprint density at radius 3 is 2.50 bits per heavy atom. The molecule has 3 nitrogen and oxygen atoms in total. The summed E-state index contributed by atoms with van der Waals surface area (Å²) in [5.74, 6) is -0.559. The molecule has 0 radical (unpaired) electrons. The minimum atomic E-state index is -0.524. The number of carbonyl (C=O) groups excluding carboxylic acids is 1. The highest BCUT2D eigenvalue weighted by Gasteiger charge is 2.31. The van der Waals surface area contributed by atoms with Crippen LogP contribution in [-0.4, -0.2) is 12.5 Å². The van der Waals surface area contributed by atoms with E-state index in [9.17, 15) is 9.18 Å². The van der Waals surface area contributed by atoms with Crippen molar-refractivity contribution in [3.63, 3.8) is 0 Å². The van der Waals surface area contributed by atoms with Crippen molar-refractivity contribution in [2.24, 2.45) is 0 Å². The number of amides is 1. The second-order valence-corrected chi connectivity index (χ2v) is 5.71. The number of hydrogen-bond acceptors (Lipinski definition) is 2. The van der Waals surface area contributed by atoms with Gasteiger partial charge in [-0.3, -0.25) is 4.79 Å². The lowest BCUT2D eigenvalue weighted by Crippen LogP contribution is -2.18. The Morgan fingerprint density at radius 2 is 1.88 bits per heavy atom. The Morgan fingerprint density at radius 1 is 1.21 bits per heavy atom. The van der Waals surface area contributed by atoms with Crippen LogP contribution in [0.3, 0.4) is 0 Å². The van der Waals surface area contributed by atoms with Gasteiger partial charge in [-0.1, -0.05) is 42.5 Å². The summed E-state index contributed by atoms with van der Waals surface area (Å²) in [6.07, 6.45) is 1.11. The van der Waals surface area contributed by atoms with Crippen LogP contribution in [0, 0.1) is 12.7 Å². The first-order chi connectivity index (χ1) is 11.6. The maximum Gasteiger partial charge on any atom is 0.254 e. The van der Waals surface area contributed by atoms with Crippen molar-refractivity contribution in [1.29, 1.82) is 0 Å². The predicted octanol–water partition coefficient (Wildman–Crippen LogP) is 4.33. The fraction of sp³-hybridized carbons (Fsp3) is 0.150. The lowest BCUT2D eigenvalue weighted by molar-refractivity contribution is -0.113. The molecule has 4 heteroatoms. The summed E-state index contributed by atoms with van der Waals surface area (Å²) in [7, 11) is 0. The molecule has 0 saturated heterocycles. The molecule has 122 valence electrons. The van der Waals surface area contributed by atoms with Gasteiger partial charge in [0.25, 0.3) is 5.91 Å². The molecular weight excluding hydrogens is 305 g/mol. The highest BCUT2D eigenvalue weighted by molar-refractivity contribution is 6.05. The Hall–Kier alpha value is -2.72. The van der Waals surface area contributed by atoms with E-state index in [4.69, 9.17) is 4.74 Å². The fourth-order valence-electron chi connectivity index (χ4n) is 2.67. The Kier molecular flexibility index (Phi) is 4.58. The molecule has 0 saturated carbocycles. The number of halogens is 1. The Bertz CT molecular complexity index is 791. The number of nitrogens with one attached hydrogen (secondary N) is 1. The van der Waals surface area contributed by atoms with E-state index in [1.165, 1.54) is 12.1 Å². The molecule has 0 aromatic heterocycles. The third-order valence-electron chi connectivity index (χ3n) is 3.99. The molecule has 1 amide bonds. The van der Waals surface area contributed by atoms with Gasteiger partial charge in [-0.15, -0.1) is 0 Å². The van der Waals surface area contributed by atoms with Gasteiger partial charge in [0.15, 0.2) is 0 Å². The van der Waals surface area contributed by atoms with Gasteiger partial charge in [0, 0.05) is 5.69 Å². The molecule has 0 fully saturated rings. The smallest absolute Gasteiger partial charge is 0.254 e. The minimum Gasteiger partial charge on any atom is -0.364 e. The molecule has 0 spiro atoms. The van der Waals surface area contributed by atoms with E-state index in [0.717, 1.165) is 16.7 Å². The summed E-state index contributed by atoms with van der Waals surface area (Å²) >= 11 is 0. The molecule has 3 rings (SSSR count). The number of carbonyl (C=O) groups is 1. The largest absolute Gasteiger partial charge is 0.364 e. The second-order valence-electron chi connectivity index (χ2n) is 5.71. The van der Waals surface area contributed by atoms with Crippen molar-refractivity contribution in [3.05, 3.63) is 89.3 Å². The Labute approximate surface area is 140 Å². The lowest BCUT2D eigenvalue weighted by Gasteiger charge is -2.15. The number of rotatable bonds is 4. The monoisotopic (exact) mass is 323 g/mol. The molecule has 1 heterocycles. The average Bonchev–Trinajstić information content (AvgIpc) is 3.02. The predicted molar refractivity (Wildman–Crippen MR) is 92.1 cm³/mol. The van der Waals surface area contributed by atoms with Crippen LogP contribution in [0.4, 0.5) is 10.1 Å². The van der Waals surface area contributed by atoms with Gasteiger partial charge in [-0.2, -0.15) is 0 Å². The molecule has 0 bridgehead atoms. The SMILES string of the molecule is C=CC1=C(C(=O)Nc2ccc(C)cc2)C(c2ccc(F)cc2)OC1. The molecule has 2 aromatic rings. The zero-order valence-corrected chi connectivity index (χ0v) is 13.4. The molecule has 1 N–H and O–H groups in total. The zero-order chi connectivity index (χ0) is 17.1. The number of anilines is 1. The van der Waals surface area contributed by atoms with Gasteiger partial charge in [0.2, 0.25) is 0 Å². The highest BCUT2D eigenvalue weighted by atomic mass is 19.1. The van der Waals surface area contributed by atoms with E-state index in [1.54, 1.807) is 18.2 Å². The van der Waals surface area contributed by atoms with Crippen molar-refractivity contribution >= 4 is 11.6 Å². The first kappa shape index (κ1) is 16.1. The van der Waals surface area contributed by atoms with Crippen molar-refractivity contribution in [3.8, 4) is 0 Å². The number of ether oxygens (including phenoxy) is 1. The third kappa shape index (κ3) is 3.29. The first-order valence-corrected chi connectivity index (χ1v) is 7.69. The minimum absolute atomic E-state index is 0.236. The number of benzene rings is 2. The molecule has 1 atom stereocenters. The quantitative estimate of drug-likeness (QED) is 0.909. The van der Waals surface area contributed by atoms with Crippen molar-refractivity contribution in [2.75, 3.05) is 11.9 Å². The van der Waals surface area contributed by atoms with Gasteiger partial charge < -0.3 is 10.1 Å². The van der Waals surface area contributed by atoms with Crippen molar-refractivity contribution < 1.29 is 13.9 Å². The van der Waals surface area contributed by atoms with Crippen molar-refractivity contribution in [2.45, 2.75) is 13.0 Å². The molecule has 0 aliphatic carbocycles. The van der Waals surface area contributed by atoms with Crippen LogP contribution in [0.5, 0.6) is 0 Å². The second kappa shape index (κ2) is 6.81. The van der Waals surface area contributed by atoms with E-state index < -0.39 is 6.10 Å². The lowest BCUT2D eigenvalue weighted by atomic mass is 9.98. The Balaban J connectivity index is 1.88. The summed E-state index contributed by atoms with van der Waals surface area (Å²) in [5, 5.41) is 2.89. The summed E-state index contributed by atoms with van der Waals surface area (Å²) in [4.78, 5) is 12.7.